The number of halogens is 3. The quantitative estimate of drug-likeness (QED) is 0.731. The number of ether oxygens (including phenoxy) is 2. The summed E-state index contributed by atoms with van der Waals surface area (Å²) >= 11 is 0. The zero-order valence-electron chi connectivity index (χ0n) is 14.8. The highest BCUT2D eigenvalue weighted by atomic mass is 19.4. The highest BCUT2D eigenvalue weighted by molar-refractivity contribution is 5.89. The van der Waals surface area contributed by atoms with E-state index < -0.39 is 17.7 Å². The van der Waals surface area contributed by atoms with Crippen molar-refractivity contribution in [2.45, 2.75) is 25.1 Å². The summed E-state index contributed by atoms with van der Waals surface area (Å²) in [5, 5.41) is 0. The molecule has 1 heterocycles. The van der Waals surface area contributed by atoms with E-state index in [-0.39, 0.29) is 11.9 Å². The normalized spacial score (nSPS) is 15.5. The Morgan fingerprint density at radius 2 is 1.67 bits per heavy atom. The number of carbonyl (C=O) groups is 1. The molecule has 1 aliphatic heterocycles. The number of hydrogen-bond donors (Lipinski definition) is 0. The lowest BCUT2D eigenvalue weighted by atomic mass is 10.1. The van der Waals surface area contributed by atoms with Gasteiger partial charge in [0.1, 0.15) is 11.9 Å². The Morgan fingerprint density at radius 3 is 2.26 bits per heavy atom. The minimum Gasteiger partial charge on any atom is -0.490 e. The number of rotatable bonds is 4. The van der Waals surface area contributed by atoms with Crippen LogP contribution in [0.5, 0.6) is 5.75 Å². The van der Waals surface area contributed by atoms with Crippen molar-refractivity contribution in [1.29, 1.82) is 0 Å². The fourth-order valence-corrected chi connectivity index (χ4v) is 3.14. The van der Waals surface area contributed by atoms with E-state index in [0.717, 1.165) is 11.8 Å². The van der Waals surface area contributed by atoms with Crippen molar-refractivity contribution in [3.63, 3.8) is 0 Å². The fraction of sp³-hybridized carbons (Fsp3) is 0.350. The van der Waals surface area contributed by atoms with Crippen LogP contribution in [0.1, 0.15) is 28.8 Å². The van der Waals surface area contributed by atoms with Gasteiger partial charge in [0, 0.05) is 31.6 Å². The summed E-state index contributed by atoms with van der Waals surface area (Å²) in [6.07, 6.45) is -3.46. The van der Waals surface area contributed by atoms with Crippen LogP contribution in [0.15, 0.2) is 48.5 Å². The number of piperidine rings is 1. The number of carbonyl (C=O) groups excluding carboxylic acids is 1. The highest BCUT2D eigenvalue weighted by Gasteiger charge is 2.35. The molecule has 1 saturated heterocycles. The number of hydrogen-bond acceptors (Lipinski definition) is 4. The first-order chi connectivity index (χ1) is 12.9. The van der Waals surface area contributed by atoms with Crippen LogP contribution in [0.25, 0.3) is 0 Å². The third-order valence-electron chi connectivity index (χ3n) is 4.58. The van der Waals surface area contributed by atoms with Crippen LogP contribution in [-0.2, 0) is 10.9 Å². The van der Waals surface area contributed by atoms with Gasteiger partial charge in [0.2, 0.25) is 0 Å². The summed E-state index contributed by atoms with van der Waals surface area (Å²) in [5.41, 5.74) is 0.686. The van der Waals surface area contributed by atoms with Crippen molar-refractivity contribution in [1.82, 2.24) is 0 Å². The third kappa shape index (κ3) is 4.53. The Balaban J connectivity index is 1.61. The van der Waals surface area contributed by atoms with Gasteiger partial charge in [0.15, 0.2) is 0 Å². The van der Waals surface area contributed by atoms with Crippen molar-refractivity contribution in [2.75, 3.05) is 25.1 Å². The molecule has 0 spiro atoms. The Hall–Kier alpha value is -2.70. The van der Waals surface area contributed by atoms with Gasteiger partial charge in [0.25, 0.3) is 0 Å². The van der Waals surface area contributed by atoms with Crippen LogP contribution < -0.4 is 9.64 Å². The van der Waals surface area contributed by atoms with Gasteiger partial charge in [-0.2, -0.15) is 13.2 Å². The molecule has 0 atom stereocenters. The minimum atomic E-state index is -4.43. The Labute approximate surface area is 155 Å². The van der Waals surface area contributed by atoms with Crippen LogP contribution >= 0.6 is 0 Å². The minimum absolute atomic E-state index is 0.120. The number of alkyl halides is 3. The van der Waals surface area contributed by atoms with Gasteiger partial charge in [-0.25, -0.2) is 4.79 Å². The Kier molecular flexibility index (Phi) is 5.58. The molecular weight excluding hydrogens is 359 g/mol. The second-order valence-electron chi connectivity index (χ2n) is 6.34. The molecule has 2 aromatic rings. The molecule has 0 bridgehead atoms. The molecule has 2 aromatic carbocycles. The predicted molar refractivity (Wildman–Crippen MR) is 95.1 cm³/mol. The van der Waals surface area contributed by atoms with Crippen molar-refractivity contribution < 1.29 is 27.4 Å². The van der Waals surface area contributed by atoms with E-state index in [0.29, 0.717) is 31.5 Å². The first kappa shape index (κ1) is 19.1. The molecule has 0 aliphatic carbocycles. The van der Waals surface area contributed by atoms with Gasteiger partial charge in [0.05, 0.1) is 18.2 Å². The molecule has 1 fully saturated rings. The second-order valence-corrected chi connectivity index (χ2v) is 6.34. The number of anilines is 1. The predicted octanol–water partition coefficient (Wildman–Crippen LogP) is 4.54. The zero-order valence-corrected chi connectivity index (χ0v) is 14.8. The highest BCUT2D eigenvalue weighted by Crippen LogP contribution is 2.37. The maximum absolute atomic E-state index is 13.1. The van der Waals surface area contributed by atoms with E-state index in [1.165, 1.54) is 19.2 Å². The first-order valence-corrected chi connectivity index (χ1v) is 8.64. The standard InChI is InChI=1S/C20H20F3NO3/c1-26-19(25)14-6-8-15(9-7-14)24-12-10-16(11-13-24)27-18-5-3-2-4-17(18)20(21,22)23/h2-9,16H,10-13H2,1H3. The molecule has 27 heavy (non-hydrogen) atoms. The van der Waals surface area contributed by atoms with Gasteiger partial charge >= 0.3 is 12.1 Å². The molecule has 0 amide bonds. The monoisotopic (exact) mass is 379 g/mol. The maximum atomic E-state index is 13.1. The van der Waals surface area contributed by atoms with Crippen molar-refractivity contribution in [3.8, 4) is 5.75 Å². The van der Waals surface area contributed by atoms with Crippen LogP contribution in [-0.4, -0.2) is 32.3 Å². The second kappa shape index (κ2) is 7.90. The van der Waals surface area contributed by atoms with Crippen LogP contribution in [0, 0.1) is 0 Å². The molecular formula is C20H20F3NO3. The zero-order chi connectivity index (χ0) is 19.4. The van der Waals surface area contributed by atoms with E-state index in [1.54, 1.807) is 18.2 Å². The molecule has 144 valence electrons. The summed E-state index contributed by atoms with van der Waals surface area (Å²) in [4.78, 5) is 13.6. The van der Waals surface area contributed by atoms with Gasteiger partial charge < -0.3 is 14.4 Å². The number of methoxy groups -OCH3 is 1. The van der Waals surface area contributed by atoms with E-state index in [4.69, 9.17) is 4.74 Å². The lowest BCUT2D eigenvalue weighted by molar-refractivity contribution is -0.139. The van der Waals surface area contributed by atoms with Crippen molar-refractivity contribution in [3.05, 3.63) is 59.7 Å². The molecule has 0 aromatic heterocycles. The van der Waals surface area contributed by atoms with E-state index in [2.05, 4.69) is 9.64 Å². The number of para-hydroxylation sites is 1. The van der Waals surface area contributed by atoms with E-state index in [1.807, 2.05) is 12.1 Å². The first-order valence-electron chi connectivity index (χ1n) is 8.64. The molecule has 0 saturated carbocycles. The largest absolute Gasteiger partial charge is 0.490 e. The van der Waals surface area contributed by atoms with Crippen LogP contribution in [0.2, 0.25) is 0 Å². The summed E-state index contributed by atoms with van der Waals surface area (Å²) in [7, 11) is 1.33. The average Bonchev–Trinajstić information content (AvgIpc) is 2.68. The topological polar surface area (TPSA) is 38.8 Å². The number of benzene rings is 2. The summed E-state index contributed by atoms with van der Waals surface area (Å²) in [6.45, 7) is 1.33. The number of nitrogens with zero attached hydrogens (tertiary/aromatic N) is 1. The van der Waals surface area contributed by atoms with Crippen molar-refractivity contribution >= 4 is 11.7 Å². The lowest BCUT2D eigenvalue weighted by Crippen LogP contribution is -2.38. The number of esters is 1. The van der Waals surface area contributed by atoms with Crippen LogP contribution in [0.3, 0.4) is 0 Å². The summed E-state index contributed by atoms with van der Waals surface area (Å²) < 4.78 is 49.6. The van der Waals surface area contributed by atoms with Gasteiger partial charge in [-0.1, -0.05) is 12.1 Å². The smallest absolute Gasteiger partial charge is 0.419 e. The molecule has 0 N–H and O–H groups in total. The molecule has 7 heteroatoms. The Bertz CT molecular complexity index is 782. The van der Waals surface area contributed by atoms with Crippen molar-refractivity contribution in [2.24, 2.45) is 0 Å². The van der Waals surface area contributed by atoms with Gasteiger partial charge in [-0.05, 0) is 36.4 Å². The maximum Gasteiger partial charge on any atom is 0.419 e. The third-order valence-corrected chi connectivity index (χ3v) is 4.58. The molecule has 4 nitrogen and oxygen atoms in total. The Morgan fingerprint density at radius 1 is 1.04 bits per heavy atom. The van der Waals surface area contributed by atoms with Gasteiger partial charge in [-0.3, -0.25) is 0 Å². The molecule has 0 radical (unpaired) electrons. The molecule has 0 unspecified atom stereocenters. The van der Waals surface area contributed by atoms with E-state index >= 15 is 0 Å². The average molecular weight is 379 g/mol. The SMILES string of the molecule is COC(=O)c1ccc(N2CCC(Oc3ccccc3C(F)(F)F)CC2)cc1. The molecule has 1 aliphatic rings. The molecule has 3 rings (SSSR count). The fourth-order valence-electron chi connectivity index (χ4n) is 3.14. The summed E-state index contributed by atoms with van der Waals surface area (Å²) in [5.74, 6) is -0.511. The van der Waals surface area contributed by atoms with E-state index in [9.17, 15) is 18.0 Å². The summed E-state index contributed by atoms with van der Waals surface area (Å²) in [6, 6.07) is 12.4. The van der Waals surface area contributed by atoms with Gasteiger partial charge in [-0.15, -0.1) is 0 Å². The van der Waals surface area contributed by atoms with Crippen LogP contribution in [0.4, 0.5) is 18.9 Å². The lowest BCUT2D eigenvalue weighted by Gasteiger charge is -2.34.